The molecule has 0 N–H and O–H groups in total. The number of amides is 1. The molecule has 0 aromatic heterocycles. The van der Waals surface area contributed by atoms with Crippen LogP contribution in [0.1, 0.15) is 41.3 Å². The van der Waals surface area contributed by atoms with Crippen molar-refractivity contribution in [3.8, 4) is 0 Å². The number of hydrogen-bond donors (Lipinski definition) is 0. The maximum Gasteiger partial charge on any atom is 0.416 e. The van der Waals surface area contributed by atoms with Gasteiger partial charge in [-0.1, -0.05) is 31.2 Å². The Balaban J connectivity index is 1.53. The molecule has 3 rings (SSSR count). The van der Waals surface area contributed by atoms with E-state index in [0.29, 0.717) is 5.56 Å². The number of benzene rings is 2. The van der Waals surface area contributed by atoms with Crippen LogP contribution in [-0.2, 0) is 27.4 Å². The number of sulfonamides is 1. The molecule has 0 unspecified atom stereocenters. The van der Waals surface area contributed by atoms with Gasteiger partial charge in [-0.15, -0.1) is 0 Å². The van der Waals surface area contributed by atoms with Crippen LogP contribution < -0.4 is 0 Å². The zero-order valence-corrected chi connectivity index (χ0v) is 19.0. The Labute approximate surface area is 191 Å². The minimum absolute atomic E-state index is 0.0278. The second-order valence-corrected chi connectivity index (χ2v) is 9.72. The summed E-state index contributed by atoms with van der Waals surface area (Å²) in [6.45, 7) is 2.38. The minimum atomic E-state index is -4.55. The van der Waals surface area contributed by atoms with E-state index in [1.54, 1.807) is 12.1 Å². The van der Waals surface area contributed by atoms with E-state index in [-0.39, 0.29) is 55.6 Å². The number of nitrogens with zero attached hydrogens (tertiary/aromatic N) is 2. The maximum atomic E-state index is 12.7. The van der Waals surface area contributed by atoms with Crippen LogP contribution in [0, 0.1) is 0 Å². The highest BCUT2D eigenvalue weighted by atomic mass is 32.2. The Morgan fingerprint density at radius 2 is 1.45 bits per heavy atom. The first-order chi connectivity index (χ1) is 15.5. The molecule has 2 aromatic carbocycles. The van der Waals surface area contributed by atoms with Crippen molar-refractivity contribution in [3.05, 3.63) is 65.2 Å². The average molecular weight is 483 g/mol. The van der Waals surface area contributed by atoms with E-state index in [9.17, 15) is 31.2 Å². The summed E-state index contributed by atoms with van der Waals surface area (Å²) >= 11 is 0. The predicted molar refractivity (Wildman–Crippen MR) is 116 cm³/mol. The molecule has 1 saturated heterocycles. The van der Waals surface area contributed by atoms with Crippen LogP contribution in [0.15, 0.2) is 53.4 Å². The number of alkyl halides is 3. The standard InChI is InChI=1S/C23H25F3N2O4S/c1-2-17-3-5-18(6-4-17)21(29)11-12-22(30)27-13-15-28(16-14-27)33(31,32)20-9-7-19(8-10-20)23(24,25)26/h3-10H,2,11-16H2,1H3. The van der Waals surface area contributed by atoms with E-state index in [1.807, 2.05) is 19.1 Å². The van der Waals surface area contributed by atoms with Gasteiger partial charge < -0.3 is 4.90 Å². The van der Waals surface area contributed by atoms with Crippen LogP contribution in [0.5, 0.6) is 0 Å². The number of aryl methyl sites for hydroxylation is 1. The van der Waals surface area contributed by atoms with Gasteiger partial charge in [0.15, 0.2) is 5.78 Å². The SMILES string of the molecule is CCc1ccc(C(=O)CCC(=O)N2CCN(S(=O)(=O)c3ccc(C(F)(F)F)cc3)CC2)cc1. The lowest BCUT2D eigenvalue weighted by Crippen LogP contribution is -2.50. The van der Waals surface area contributed by atoms with E-state index in [0.717, 1.165) is 40.6 Å². The second-order valence-electron chi connectivity index (χ2n) is 7.78. The largest absolute Gasteiger partial charge is 0.416 e. The molecule has 2 aromatic rings. The lowest BCUT2D eigenvalue weighted by atomic mass is 10.0. The monoisotopic (exact) mass is 482 g/mol. The molecule has 0 saturated carbocycles. The van der Waals surface area contributed by atoms with E-state index in [2.05, 4.69) is 0 Å². The molecule has 0 aliphatic carbocycles. The van der Waals surface area contributed by atoms with E-state index in [4.69, 9.17) is 0 Å². The zero-order valence-electron chi connectivity index (χ0n) is 18.1. The third-order valence-corrected chi connectivity index (χ3v) is 7.57. The molecule has 0 radical (unpaired) electrons. The van der Waals surface area contributed by atoms with Gasteiger partial charge in [0.2, 0.25) is 15.9 Å². The minimum Gasteiger partial charge on any atom is -0.340 e. The number of rotatable bonds is 7. The number of halogens is 3. The van der Waals surface area contributed by atoms with Crippen LogP contribution in [-0.4, -0.2) is 55.5 Å². The lowest BCUT2D eigenvalue weighted by Gasteiger charge is -2.34. The number of ketones is 1. The van der Waals surface area contributed by atoms with E-state index in [1.165, 1.54) is 4.90 Å². The Morgan fingerprint density at radius 1 is 0.879 bits per heavy atom. The first kappa shape index (κ1) is 24.9. The quantitative estimate of drug-likeness (QED) is 0.564. The zero-order chi connectivity index (χ0) is 24.2. The van der Waals surface area contributed by atoms with Crippen molar-refractivity contribution in [2.75, 3.05) is 26.2 Å². The lowest BCUT2D eigenvalue weighted by molar-refractivity contribution is -0.137. The summed E-state index contributed by atoms with van der Waals surface area (Å²) in [5.41, 5.74) is 0.743. The Bertz CT molecular complexity index is 1090. The molecule has 1 fully saturated rings. The summed E-state index contributed by atoms with van der Waals surface area (Å²) in [5, 5.41) is 0. The fraction of sp³-hybridized carbons (Fsp3) is 0.391. The molecule has 6 nitrogen and oxygen atoms in total. The summed E-state index contributed by atoms with van der Waals surface area (Å²) < 4.78 is 64.8. The normalized spacial score (nSPS) is 15.5. The molecule has 10 heteroatoms. The number of carbonyl (C=O) groups excluding carboxylic acids is 2. The van der Waals surface area contributed by atoms with Crippen molar-refractivity contribution in [2.45, 2.75) is 37.3 Å². The van der Waals surface area contributed by atoms with Crippen LogP contribution in [0.2, 0.25) is 0 Å². The van der Waals surface area contributed by atoms with Gasteiger partial charge >= 0.3 is 6.18 Å². The molecular formula is C23H25F3N2O4S. The summed E-state index contributed by atoms with van der Waals surface area (Å²) in [4.78, 5) is 26.1. The average Bonchev–Trinajstić information content (AvgIpc) is 2.82. The molecule has 1 amide bonds. The van der Waals surface area contributed by atoms with Crippen molar-refractivity contribution in [2.24, 2.45) is 0 Å². The summed E-state index contributed by atoms with van der Waals surface area (Å²) in [5.74, 6) is -0.366. The molecule has 0 atom stereocenters. The first-order valence-corrected chi connectivity index (χ1v) is 12.0. The van der Waals surface area contributed by atoms with E-state index >= 15 is 0 Å². The fourth-order valence-corrected chi connectivity index (χ4v) is 5.01. The van der Waals surface area contributed by atoms with Crippen molar-refractivity contribution in [3.63, 3.8) is 0 Å². The van der Waals surface area contributed by atoms with Crippen LogP contribution in [0.3, 0.4) is 0 Å². The molecule has 1 aliphatic heterocycles. The smallest absolute Gasteiger partial charge is 0.340 e. The number of Topliss-reactive ketones (excluding diaryl/α,β-unsaturated/α-hetero) is 1. The van der Waals surface area contributed by atoms with Gasteiger partial charge in [-0.3, -0.25) is 9.59 Å². The fourth-order valence-electron chi connectivity index (χ4n) is 3.59. The van der Waals surface area contributed by atoms with Crippen LogP contribution in [0.25, 0.3) is 0 Å². The molecular weight excluding hydrogens is 457 g/mol. The third kappa shape index (κ3) is 6.00. The molecule has 0 bridgehead atoms. The van der Waals surface area contributed by atoms with Crippen LogP contribution in [0.4, 0.5) is 13.2 Å². The summed E-state index contributed by atoms with van der Waals surface area (Å²) in [6, 6.07) is 10.6. The first-order valence-electron chi connectivity index (χ1n) is 10.6. The van der Waals surface area contributed by atoms with Gasteiger partial charge in [0.1, 0.15) is 0 Å². The Hall–Kier alpha value is -2.72. The molecule has 0 spiro atoms. The van der Waals surface area contributed by atoms with Crippen molar-refractivity contribution in [1.82, 2.24) is 9.21 Å². The van der Waals surface area contributed by atoms with Crippen molar-refractivity contribution in [1.29, 1.82) is 0 Å². The van der Waals surface area contributed by atoms with Crippen molar-refractivity contribution < 1.29 is 31.2 Å². The summed E-state index contributed by atoms with van der Waals surface area (Å²) in [6.07, 6.45) is -3.59. The number of carbonyl (C=O) groups is 2. The van der Waals surface area contributed by atoms with E-state index < -0.39 is 21.8 Å². The van der Waals surface area contributed by atoms with Gasteiger partial charge in [-0.05, 0) is 36.2 Å². The Kier molecular flexibility index (Phi) is 7.58. The van der Waals surface area contributed by atoms with Gasteiger partial charge in [0, 0.05) is 44.6 Å². The highest BCUT2D eigenvalue weighted by Gasteiger charge is 2.33. The highest BCUT2D eigenvalue weighted by molar-refractivity contribution is 7.89. The Morgan fingerprint density at radius 3 is 1.97 bits per heavy atom. The summed E-state index contributed by atoms with van der Waals surface area (Å²) in [7, 11) is -3.97. The molecule has 1 aliphatic rings. The predicted octanol–water partition coefficient (Wildman–Crippen LogP) is 3.76. The van der Waals surface area contributed by atoms with Gasteiger partial charge in [-0.2, -0.15) is 17.5 Å². The number of piperazine rings is 1. The number of hydrogen-bond acceptors (Lipinski definition) is 4. The maximum absolute atomic E-state index is 12.7. The van der Waals surface area contributed by atoms with Gasteiger partial charge in [0.25, 0.3) is 0 Å². The topological polar surface area (TPSA) is 74.8 Å². The van der Waals surface area contributed by atoms with Crippen LogP contribution >= 0.6 is 0 Å². The highest BCUT2D eigenvalue weighted by Crippen LogP contribution is 2.30. The molecule has 178 valence electrons. The second kappa shape index (κ2) is 10.0. The van der Waals surface area contributed by atoms with Gasteiger partial charge in [0.05, 0.1) is 10.5 Å². The van der Waals surface area contributed by atoms with Crippen molar-refractivity contribution >= 4 is 21.7 Å². The molecule has 33 heavy (non-hydrogen) atoms. The molecule has 1 heterocycles. The van der Waals surface area contributed by atoms with Gasteiger partial charge in [-0.25, -0.2) is 8.42 Å². The third-order valence-electron chi connectivity index (χ3n) is 5.66.